The number of unbranched alkanes of at least 4 members (excludes halogenated alkanes) is 1. The number of hydrogen-bond acceptors (Lipinski definition) is 2. The fourth-order valence-corrected chi connectivity index (χ4v) is 1.92. The molecule has 1 atom stereocenters. The van der Waals surface area contributed by atoms with Gasteiger partial charge in [0.15, 0.2) is 0 Å². The molecule has 3 nitrogen and oxygen atoms in total. The van der Waals surface area contributed by atoms with E-state index in [0.29, 0.717) is 0 Å². The normalized spacial score (nSPS) is 20.9. The molecule has 3 heteroatoms. The van der Waals surface area contributed by atoms with Crippen LogP contribution in [0.25, 0.3) is 0 Å². The Labute approximate surface area is 93.0 Å². The minimum Gasteiger partial charge on any atom is -0.355 e. The van der Waals surface area contributed by atoms with Gasteiger partial charge < -0.3 is 10.6 Å². The molecule has 0 aliphatic carbocycles. The Morgan fingerprint density at radius 2 is 2.27 bits per heavy atom. The van der Waals surface area contributed by atoms with E-state index in [4.69, 9.17) is 0 Å². The Hall–Kier alpha value is -0.570. The summed E-state index contributed by atoms with van der Waals surface area (Å²) in [6, 6.07) is 0.0788. The maximum atomic E-state index is 11.6. The second kappa shape index (κ2) is 6.83. The van der Waals surface area contributed by atoms with Gasteiger partial charge in [-0.25, -0.2) is 0 Å². The first-order chi connectivity index (χ1) is 7.20. The maximum Gasteiger partial charge on any atom is 0.237 e. The standard InChI is InChI=1S/C12H24N2O/c1-10(2)6-3-4-8-14-12(15)11-7-5-9-13-11/h10-11,13H,3-9H2,1-2H3,(H,14,15)/t11-/m1/s1. The molecule has 88 valence electrons. The Morgan fingerprint density at radius 1 is 1.47 bits per heavy atom. The SMILES string of the molecule is CC(C)CCCCNC(=O)[C@H]1CCCN1. The van der Waals surface area contributed by atoms with Gasteiger partial charge in [0.05, 0.1) is 6.04 Å². The molecule has 1 rings (SSSR count). The molecule has 1 fully saturated rings. The van der Waals surface area contributed by atoms with Crippen LogP contribution < -0.4 is 10.6 Å². The van der Waals surface area contributed by atoms with Gasteiger partial charge in [0.25, 0.3) is 0 Å². The summed E-state index contributed by atoms with van der Waals surface area (Å²) >= 11 is 0. The minimum absolute atomic E-state index is 0.0788. The smallest absolute Gasteiger partial charge is 0.237 e. The summed E-state index contributed by atoms with van der Waals surface area (Å²) in [6.45, 7) is 6.30. The average Bonchev–Trinajstić information content (AvgIpc) is 2.69. The van der Waals surface area contributed by atoms with Crippen LogP contribution in [0.1, 0.15) is 46.0 Å². The molecule has 2 N–H and O–H groups in total. The highest BCUT2D eigenvalue weighted by Gasteiger charge is 2.20. The minimum atomic E-state index is 0.0788. The lowest BCUT2D eigenvalue weighted by atomic mass is 10.1. The zero-order chi connectivity index (χ0) is 11.1. The highest BCUT2D eigenvalue weighted by molar-refractivity contribution is 5.81. The third kappa shape index (κ3) is 5.17. The summed E-state index contributed by atoms with van der Waals surface area (Å²) in [5.74, 6) is 0.967. The maximum absolute atomic E-state index is 11.6. The lowest BCUT2D eigenvalue weighted by Crippen LogP contribution is -2.40. The summed E-state index contributed by atoms with van der Waals surface area (Å²) in [5.41, 5.74) is 0. The number of amides is 1. The number of rotatable bonds is 6. The van der Waals surface area contributed by atoms with Crippen LogP contribution in [0.5, 0.6) is 0 Å². The molecule has 1 saturated heterocycles. The van der Waals surface area contributed by atoms with E-state index in [1.54, 1.807) is 0 Å². The van der Waals surface area contributed by atoms with Crippen LogP contribution in [-0.4, -0.2) is 25.0 Å². The van der Waals surface area contributed by atoms with Gasteiger partial charge in [0.2, 0.25) is 5.91 Å². The molecule has 15 heavy (non-hydrogen) atoms. The van der Waals surface area contributed by atoms with E-state index in [2.05, 4.69) is 24.5 Å². The predicted molar refractivity (Wildman–Crippen MR) is 62.7 cm³/mol. The van der Waals surface area contributed by atoms with Gasteiger partial charge in [-0.2, -0.15) is 0 Å². The van der Waals surface area contributed by atoms with Crippen molar-refractivity contribution < 1.29 is 4.79 Å². The van der Waals surface area contributed by atoms with Gasteiger partial charge >= 0.3 is 0 Å². The van der Waals surface area contributed by atoms with Crippen LogP contribution in [0.15, 0.2) is 0 Å². The summed E-state index contributed by atoms with van der Waals surface area (Å²) in [4.78, 5) is 11.6. The van der Waals surface area contributed by atoms with Crippen LogP contribution in [0.4, 0.5) is 0 Å². The lowest BCUT2D eigenvalue weighted by molar-refractivity contribution is -0.122. The van der Waals surface area contributed by atoms with Gasteiger partial charge in [0.1, 0.15) is 0 Å². The van der Waals surface area contributed by atoms with Crippen molar-refractivity contribution in [3.05, 3.63) is 0 Å². The molecule has 0 spiro atoms. The molecule has 0 radical (unpaired) electrons. The molecule has 1 aliphatic rings. The van der Waals surface area contributed by atoms with Gasteiger partial charge in [-0.1, -0.05) is 26.7 Å². The molecule has 0 unspecified atom stereocenters. The lowest BCUT2D eigenvalue weighted by Gasteiger charge is -2.11. The van der Waals surface area contributed by atoms with E-state index in [1.165, 1.54) is 12.8 Å². The number of hydrogen-bond donors (Lipinski definition) is 2. The highest BCUT2D eigenvalue weighted by atomic mass is 16.2. The van der Waals surface area contributed by atoms with Crippen LogP contribution in [-0.2, 0) is 4.79 Å². The van der Waals surface area contributed by atoms with Crippen molar-refractivity contribution in [1.29, 1.82) is 0 Å². The summed E-state index contributed by atoms with van der Waals surface area (Å²) < 4.78 is 0. The van der Waals surface area contributed by atoms with Crippen molar-refractivity contribution in [2.45, 2.75) is 52.0 Å². The molecule has 1 heterocycles. The fourth-order valence-electron chi connectivity index (χ4n) is 1.92. The van der Waals surface area contributed by atoms with Crippen LogP contribution in [0.3, 0.4) is 0 Å². The van der Waals surface area contributed by atoms with Crippen molar-refractivity contribution in [1.82, 2.24) is 10.6 Å². The predicted octanol–water partition coefficient (Wildman–Crippen LogP) is 1.68. The molecule has 0 aromatic carbocycles. The Morgan fingerprint density at radius 3 is 2.87 bits per heavy atom. The zero-order valence-corrected chi connectivity index (χ0v) is 10.0. The topological polar surface area (TPSA) is 41.1 Å². The van der Waals surface area contributed by atoms with Crippen molar-refractivity contribution in [2.75, 3.05) is 13.1 Å². The number of carbonyl (C=O) groups is 1. The third-order valence-corrected chi connectivity index (χ3v) is 2.88. The van der Waals surface area contributed by atoms with Crippen LogP contribution >= 0.6 is 0 Å². The molecule has 0 bridgehead atoms. The van der Waals surface area contributed by atoms with Gasteiger partial charge in [-0.15, -0.1) is 0 Å². The molecule has 0 aromatic rings. The molecule has 0 aromatic heterocycles. The molecular weight excluding hydrogens is 188 g/mol. The number of carbonyl (C=O) groups excluding carboxylic acids is 1. The Bertz CT molecular complexity index is 186. The quantitative estimate of drug-likeness (QED) is 0.658. The van der Waals surface area contributed by atoms with Crippen molar-refractivity contribution >= 4 is 5.91 Å². The summed E-state index contributed by atoms with van der Waals surface area (Å²) in [7, 11) is 0. The van der Waals surface area contributed by atoms with E-state index in [-0.39, 0.29) is 11.9 Å². The average molecular weight is 212 g/mol. The molecule has 0 saturated carbocycles. The highest BCUT2D eigenvalue weighted by Crippen LogP contribution is 2.06. The second-order valence-electron chi connectivity index (χ2n) is 4.83. The summed E-state index contributed by atoms with van der Waals surface area (Å²) in [6.07, 6.45) is 5.72. The molecule has 1 amide bonds. The first-order valence-corrected chi connectivity index (χ1v) is 6.21. The second-order valence-corrected chi connectivity index (χ2v) is 4.83. The van der Waals surface area contributed by atoms with Crippen molar-refractivity contribution in [3.63, 3.8) is 0 Å². The number of nitrogens with one attached hydrogen (secondary N) is 2. The fraction of sp³-hybridized carbons (Fsp3) is 0.917. The van der Waals surface area contributed by atoms with Crippen LogP contribution in [0.2, 0.25) is 0 Å². The van der Waals surface area contributed by atoms with Crippen molar-refractivity contribution in [2.24, 2.45) is 5.92 Å². The largest absolute Gasteiger partial charge is 0.355 e. The monoisotopic (exact) mass is 212 g/mol. The van der Waals surface area contributed by atoms with E-state index in [1.807, 2.05) is 0 Å². The first-order valence-electron chi connectivity index (χ1n) is 6.21. The Kier molecular flexibility index (Phi) is 5.69. The van der Waals surface area contributed by atoms with Crippen LogP contribution in [0, 0.1) is 5.92 Å². The zero-order valence-electron chi connectivity index (χ0n) is 10.0. The molecule has 1 aliphatic heterocycles. The third-order valence-electron chi connectivity index (χ3n) is 2.88. The van der Waals surface area contributed by atoms with Gasteiger partial charge in [0, 0.05) is 6.54 Å². The van der Waals surface area contributed by atoms with Crippen molar-refractivity contribution in [3.8, 4) is 0 Å². The van der Waals surface area contributed by atoms with Gasteiger partial charge in [-0.05, 0) is 31.7 Å². The van der Waals surface area contributed by atoms with E-state index >= 15 is 0 Å². The van der Waals surface area contributed by atoms with E-state index < -0.39 is 0 Å². The first kappa shape index (κ1) is 12.5. The van der Waals surface area contributed by atoms with E-state index in [0.717, 1.165) is 38.3 Å². The van der Waals surface area contributed by atoms with Gasteiger partial charge in [-0.3, -0.25) is 4.79 Å². The van der Waals surface area contributed by atoms with E-state index in [9.17, 15) is 4.79 Å². The molecular formula is C12H24N2O. The Balaban J connectivity index is 1.97. The summed E-state index contributed by atoms with van der Waals surface area (Å²) in [5, 5.41) is 6.20.